The van der Waals surface area contributed by atoms with Crippen molar-refractivity contribution in [1.82, 2.24) is 19.8 Å². The molecule has 8 nitrogen and oxygen atoms in total. The number of benzene rings is 2. The van der Waals surface area contributed by atoms with Crippen LogP contribution < -0.4 is 10.5 Å². The minimum atomic E-state index is -0.381. The molecule has 0 unspecified atom stereocenters. The fourth-order valence-corrected chi connectivity index (χ4v) is 4.07. The largest absolute Gasteiger partial charge is 0.365 e. The van der Waals surface area contributed by atoms with Crippen molar-refractivity contribution in [2.45, 2.75) is 0 Å². The van der Waals surface area contributed by atoms with Crippen LogP contribution in [-0.4, -0.2) is 51.9 Å². The van der Waals surface area contributed by atoms with Crippen LogP contribution in [0.15, 0.2) is 82.2 Å². The maximum atomic E-state index is 12.9. The monoisotopic (exact) mass is 461 g/mol. The lowest BCUT2D eigenvalue weighted by atomic mass is 10.1. The number of nitrogens with zero attached hydrogens (tertiary/aromatic N) is 5. The van der Waals surface area contributed by atoms with Gasteiger partial charge in [-0.15, -0.1) is 0 Å². The van der Waals surface area contributed by atoms with Crippen LogP contribution in [0.3, 0.4) is 0 Å². The molecule has 0 N–H and O–H groups in total. The third-order valence-electron chi connectivity index (χ3n) is 5.60. The summed E-state index contributed by atoms with van der Waals surface area (Å²) < 4.78 is 6.58. The fourth-order valence-electron chi connectivity index (χ4n) is 3.82. The summed E-state index contributed by atoms with van der Waals surface area (Å²) in [6.07, 6.45) is 1.59. The number of halogens is 1. The van der Waals surface area contributed by atoms with E-state index >= 15 is 0 Å². The van der Waals surface area contributed by atoms with Gasteiger partial charge in [0.1, 0.15) is 10.7 Å². The highest BCUT2D eigenvalue weighted by molar-refractivity contribution is 6.33. The van der Waals surface area contributed by atoms with Crippen LogP contribution in [0.5, 0.6) is 0 Å². The lowest BCUT2D eigenvalue weighted by molar-refractivity contribution is 0.0705. The van der Waals surface area contributed by atoms with E-state index in [9.17, 15) is 9.59 Å². The molecule has 1 aliphatic rings. The van der Waals surface area contributed by atoms with Crippen molar-refractivity contribution in [2.24, 2.45) is 0 Å². The highest BCUT2D eigenvalue weighted by atomic mass is 35.5. The van der Waals surface area contributed by atoms with Gasteiger partial charge in [-0.1, -0.05) is 65.3 Å². The minimum absolute atomic E-state index is 0.108. The molecule has 0 aliphatic carbocycles. The van der Waals surface area contributed by atoms with E-state index in [1.54, 1.807) is 29.3 Å². The number of carbonyl (C=O) groups is 1. The van der Waals surface area contributed by atoms with Gasteiger partial charge in [-0.05, 0) is 12.1 Å². The Hall–Kier alpha value is -3.91. The van der Waals surface area contributed by atoms with E-state index in [4.69, 9.17) is 16.1 Å². The predicted molar refractivity (Wildman–Crippen MR) is 125 cm³/mol. The van der Waals surface area contributed by atoms with Gasteiger partial charge in [0.2, 0.25) is 5.76 Å². The summed E-state index contributed by atoms with van der Waals surface area (Å²) in [5.41, 5.74) is 2.33. The van der Waals surface area contributed by atoms with Crippen molar-refractivity contribution in [3.8, 4) is 16.9 Å². The molecule has 4 aromatic rings. The van der Waals surface area contributed by atoms with E-state index in [1.165, 1.54) is 4.68 Å². The quantitative estimate of drug-likeness (QED) is 0.462. The zero-order valence-electron chi connectivity index (χ0n) is 17.6. The molecule has 0 bridgehead atoms. The number of carbonyl (C=O) groups excluding carboxylic acids is 1. The normalized spacial score (nSPS) is 13.8. The summed E-state index contributed by atoms with van der Waals surface area (Å²) >= 11 is 6.42. The maximum Gasteiger partial charge on any atom is 0.292 e. The van der Waals surface area contributed by atoms with Gasteiger partial charge >= 0.3 is 0 Å². The first-order chi connectivity index (χ1) is 16.1. The third-order valence-corrected chi connectivity index (χ3v) is 5.95. The molecule has 2 aromatic heterocycles. The molecule has 5 rings (SSSR count). The van der Waals surface area contributed by atoms with Crippen molar-refractivity contribution in [3.63, 3.8) is 0 Å². The Morgan fingerprint density at radius 2 is 1.61 bits per heavy atom. The van der Waals surface area contributed by atoms with E-state index in [0.29, 0.717) is 43.2 Å². The minimum Gasteiger partial charge on any atom is -0.365 e. The summed E-state index contributed by atoms with van der Waals surface area (Å²) in [4.78, 5) is 29.3. The highest BCUT2D eigenvalue weighted by Gasteiger charge is 2.27. The number of aromatic nitrogens is 3. The van der Waals surface area contributed by atoms with Gasteiger partial charge in [0.15, 0.2) is 0 Å². The number of amides is 1. The SMILES string of the molecule is O=C(c1cc(-c2ccccc2)no1)N1CCN(c2cnn(-c3ccccc3)c(=O)c2Cl)CC1. The standard InChI is InChI=1S/C24H20ClN5O3/c25-22-20(16-26-30(24(22)32)18-9-5-2-6-10-18)28-11-13-29(14-12-28)23(31)21-15-19(27-33-21)17-7-3-1-4-8-17/h1-10,15-16H,11-14H2. The van der Waals surface area contributed by atoms with Gasteiger partial charge in [0, 0.05) is 37.8 Å². The molecule has 2 aromatic carbocycles. The molecular formula is C24H20ClN5O3. The average Bonchev–Trinajstić information content (AvgIpc) is 3.37. The third kappa shape index (κ3) is 4.12. The first-order valence-electron chi connectivity index (χ1n) is 10.5. The number of para-hydroxylation sites is 1. The summed E-state index contributed by atoms with van der Waals surface area (Å²) in [5, 5.41) is 8.42. The van der Waals surface area contributed by atoms with E-state index in [0.717, 1.165) is 5.56 Å². The van der Waals surface area contributed by atoms with Gasteiger partial charge in [-0.25, -0.2) is 0 Å². The lowest BCUT2D eigenvalue weighted by Crippen LogP contribution is -2.49. The fraction of sp³-hybridized carbons (Fsp3) is 0.167. The molecule has 9 heteroatoms. The van der Waals surface area contributed by atoms with Crippen molar-refractivity contribution in [1.29, 1.82) is 0 Å². The van der Waals surface area contributed by atoms with E-state index in [-0.39, 0.29) is 22.2 Å². The van der Waals surface area contributed by atoms with Gasteiger partial charge < -0.3 is 14.3 Å². The molecule has 3 heterocycles. The molecule has 0 saturated carbocycles. The number of hydrogen-bond donors (Lipinski definition) is 0. The first kappa shape index (κ1) is 21.0. The molecule has 0 radical (unpaired) electrons. The van der Waals surface area contributed by atoms with Crippen molar-refractivity contribution in [2.75, 3.05) is 31.1 Å². The molecule has 166 valence electrons. The van der Waals surface area contributed by atoms with E-state index < -0.39 is 0 Å². The average molecular weight is 462 g/mol. The van der Waals surface area contributed by atoms with Gasteiger partial charge in [0.25, 0.3) is 11.5 Å². The number of hydrogen-bond acceptors (Lipinski definition) is 6. The second kappa shape index (κ2) is 8.91. The molecule has 33 heavy (non-hydrogen) atoms. The van der Waals surface area contributed by atoms with Crippen molar-refractivity contribution >= 4 is 23.2 Å². The Bertz CT molecular complexity index is 1330. The highest BCUT2D eigenvalue weighted by Crippen LogP contribution is 2.24. The summed E-state index contributed by atoms with van der Waals surface area (Å²) in [7, 11) is 0. The van der Waals surface area contributed by atoms with E-state index in [2.05, 4.69) is 10.3 Å². The Balaban J connectivity index is 1.28. The van der Waals surface area contributed by atoms with Crippen LogP contribution in [0.4, 0.5) is 5.69 Å². The van der Waals surface area contributed by atoms with Crippen molar-refractivity contribution in [3.05, 3.63) is 94.1 Å². The topological polar surface area (TPSA) is 84.5 Å². The van der Waals surface area contributed by atoms with Crippen LogP contribution in [0.1, 0.15) is 10.6 Å². The second-order valence-electron chi connectivity index (χ2n) is 7.62. The van der Waals surface area contributed by atoms with E-state index in [1.807, 2.05) is 53.4 Å². The Morgan fingerprint density at radius 1 is 0.939 bits per heavy atom. The van der Waals surface area contributed by atoms with Gasteiger partial charge in [-0.2, -0.15) is 9.78 Å². The molecular weight excluding hydrogens is 442 g/mol. The van der Waals surface area contributed by atoms with Crippen LogP contribution in [-0.2, 0) is 0 Å². The predicted octanol–water partition coefficient (Wildman–Crippen LogP) is 3.50. The van der Waals surface area contributed by atoms with Gasteiger partial charge in [-0.3, -0.25) is 9.59 Å². The second-order valence-corrected chi connectivity index (χ2v) is 8.00. The zero-order valence-corrected chi connectivity index (χ0v) is 18.4. The number of rotatable bonds is 4. The molecule has 1 amide bonds. The first-order valence-corrected chi connectivity index (χ1v) is 10.9. The Morgan fingerprint density at radius 3 is 2.30 bits per heavy atom. The van der Waals surface area contributed by atoms with Crippen LogP contribution in [0.25, 0.3) is 16.9 Å². The van der Waals surface area contributed by atoms with Crippen LogP contribution in [0, 0.1) is 0 Å². The Kier molecular flexibility index (Phi) is 5.66. The molecule has 1 saturated heterocycles. The summed E-state index contributed by atoms with van der Waals surface area (Å²) in [6.45, 7) is 1.94. The zero-order chi connectivity index (χ0) is 22.8. The molecule has 0 spiro atoms. The Labute approximate surface area is 194 Å². The number of anilines is 1. The lowest BCUT2D eigenvalue weighted by Gasteiger charge is -2.35. The molecule has 1 fully saturated rings. The van der Waals surface area contributed by atoms with Gasteiger partial charge in [0.05, 0.1) is 17.6 Å². The van der Waals surface area contributed by atoms with Crippen LogP contribution in [0.2, 0.25) is 5.02 Å². The smallest absolute Gasteiger partial charge is 0.292 e. The molecule has 1 aliphatic heterocycles. The van der Waals surface area contributed by atoms with Crippen LogP contribution >= 0.6 is 11.6 Å². The summed E-state index contributed by atoms with van der Waals surface area (Å²) in [5.74, 6) is -0.0134. The summed E-state index contributed by atoms with van der Waals surface area (Å²) in [6, 6.07) is 20.3. The number of piperazine rings is 1. The van der Waals surface area contributed by atoms with Crippen molar-refractivity contribution < 1.29 is 9.32 Å². The molecule has 0 atom stereocenters. The maximum absolute atomic E-state index is 12.9.